The van der Waals surface area contributed by atoms with Gasteiger partial charge < -0.3 is 20.1 Å². The number of aromatic amines is 1. The van der Waals surface area contributed by atoms with Gasteiger partial charge in [0.15, 0.2) is 17.4 Å². The second-order valence-corrected chi connectivity index (χ2v) is 7.67. The van der Waals surface area contributed by atoms with Crippen LogP contribution < -0.4 is 11.3 Å². The lowest BCUT2D eigenvalue weighted by atomic mass is 9.96. The Kier molecular flexibility index (Phi) is 3.95. The lowest BCUT2D eigenvalue weighted by molar-refractivity contribution is -0.173. The third kappa shape index (κ3) is 2.49. The second kappa shape index (κ2) is 5.84. The largest absolute Gasteiger partial charge is 0.472 e. The molecular formula is C13H18N5O7P. The highest BCUT2D eigenvalue weighted by molar-refractivity contribution is 7.47. The summed E-state index contributed by atoms with van der Waals surface area (Å²) in [5.41, 5.74) is 4.52. The summed E-state index contributed by atoms with van der Waals surface area (Å²) in [6.07, 6.45) is -0.465. The highest BCUT2D eigenvalue weighted by atomic mass is 31.2. The molecule has 142 valence electrons. The maximum absolute atomic E-state index is 12.0. The number of H-pyrrole nitrogens is 1. The van der Waals surface area contributed by atoms with E-state index >= 15 is 0 Å². The van der Waals surface area contributed by atoms with E-state index < -0.39 is 37.4 Å². The molecule has 0 amide bonds. The molecule has 0 radical (unpaired) electrons. The Morgan fingerprint density at radius 3 is 3.08 bits per heavy atom. The van der Waals surface area contributed by atoms with E-state index in [0.29, 0.717) is 6.42 Å². The maximum atomic E-state index is 12.0. The maximum Gasteiger partial charge on any atom is 0.472 e. The smallest absolute Gasteiger partial charge is 0.369 e. The number of aromatic nitrogens is 4. The molecule has 0 saturated carbocycles. The first kappa shape index (κ1) is 17.6. The lowest BCUT2D eigenvalue weighted by Crippen LogP contribution is -2.40. The van der Waals surface area contributed by atoms with E-state index in [1.165, 1.54) is 10.9 Å². The standard InChI is InChI=1S/C13H18N5O7P/c1-3-13-4-23-7(8(13)25-26(20,21)22-2)11(24-13)18-5-15-6-9(18)16-12(14)17-10(6)19/h5,7-8,11H,3-4H2,1-2H3,(H,20,21)(H3,14,16,17,19)/t7-,8?,11+,13+/m0/s1. The molecule has 26 heavy (non-hydrogen) atoms. The number of hydrogen-bond acceptors (Lipinski definition) is 9. The number of imidazole rings is 1. The van der Waals surface area contributed by atoms with Gasteiger partial charge in [-0.3, -0.25) is 23.4 Å². The number of hydrogen-bond donors (Lipinski definition) is 3. The van der Waals surface area contributed by atoms with Gasteiger partial charge in [-0.25, -0.2) is 9.55 Å². The van der Waals surface area contributed by atoms with Crippen LogP contribution in [0.4, 0.5) is 5.95 Å². The van der Waals surface area contributed by atoms with Crippen LogP contribution in [0, 0.1) is 0 Å². The topological polar surface area (TPSA) is 164 Å². The SMILES string of the molecule is CC[C@@]12CO[C@@H](C1OP(=O)(O)OC)[C@H](n1cnc3c(=O)[nH]c(N)nc31)O2. The van der Waals surface area contributed by atoms with Crippen molar-refractivity contribution in [2.24, 2.45) is 0 Å². The number of anilines is 1. The zero-order valence-electron chi connectivity index (χ0n) is 14.0. The number of rotatable bonds is 5. The van der Waals surface area contributed by atoms with Gasteiger partial charge in [0.2, 0.25) is 5.95 Å². The first-order valence-electron chi connectivity index (χ1n) is 7.89. The van der Waals surface area contributed by atoms with Gasteiger partial charge in [-0.15, -0.1) is 0 Å². The van der Waals surface area contributed by atoms with Gasteiger partial charge in [0.05, 0.1) is 12.9 Å². The van der Waals surface area contributed by atoms with Crippen molar-refractivity contribution >= 4 is 24.9 Å². The molecule has 5 atom stereocenters. The van der Waals surface area contributed by atoms with Crippen molar-refractivity contribution in [3.63, 3.8) is 0 Å². The van der Waals surface area contributed by atoms with Crippen molar-refractivity contribution in [3.05, 3.63) is 16.7 Å². The van der Waals surface area contributed by atoms with E-state index in [1.54, 1.807) is 0 Å². The van der Waals surface area contributed by atoms with Crippen LogP contribution in [0.2, 0.25) is 0 Å². The van der Waals surface area contributed by atoms with Crippen LogP contribution in [0.25, 0.3) is 11.2 Å². The number of phosphoric ester groups is 1. The number of ether oxygens (including phenoxy) is 2. The molecule has 2 aromatic rings. The summed E-state index contributed by atoms with van der Waals surface area (Å²) in [5.74, 6) is -0.0643. The van der Waals surface area contributed by atoms with Crippen LogP contribution in [-0.4, -0.2) is 55.9 Å². The Balaban J connectivity index is 1.76. The molecule has 4 N–H and O–H groups in total. The van der Waals surface area contributed by atoms with Crippen LogP contribution in [0.15, 0.2) is 11.1 Å². The van der Waals surface area contributed by atoms with Gasteiger partial charge in [-0.05, 0) is 6.42 Å². The van der Waals surface area contributed by atoms with Crippen LogP contribution in [0.5, 0.6) is 0 Å². The molecular weight excluding hydrogens is 369 g/mol. The predicted molar refractivity (Wildman–Crippen MR) is 87.2 cm³/mol. The summed E-state index contributed by atoms with van der Waals surface area (Å²) >= 11 is 0. The van der Waals surface area contributed by atoms with Crippen molar-refractivity contribution in [1.29, 1.82) is 0 Å². The molecule has 2 fully saturated rings. The minimum absolute atomic E-state index is 0.0643. The summed E-state index contributed by atoms with van der Waals surface area (Å²) in [5, 5.41) is 0. The highest BCUT2D eigenvalue weighted by Crippen LogP contribution is 2.55. The van der Waals surface area contributed by atoms with E-state index in [4.69, 9.17) is 19.7 Å². The summed E-state index contributed by atoms with van der Waals surface area (Å²) < 4.78 is 35.1. The zero-order chi connectivity index (χ0) is 18.7. The Hall–Kier alpha value is -1.82. The molecule has 2 aliphatic rings. The number of phosphoric acid groups is 1. The molecule has 2 bridgehead atoms. The third-order valence-corrected chi connectivity index (χ3v) is 5.73. The van der Waals surface area contributed by atoms with Crippen molar-refractivity contribution in [1.82, 2.24) is 19.5 Å². The van der Waals surface area contributed by atoms with E-state index in [1.807, 2.05) is 6.92 Å². The van der Waals surface area contributed by atoms with Crippen molar-refractivity contribution in [2.45, 2.75) is 37.4 Å². The van der Waals surface area contributed by atoms with Crippen LogP contribution in [-0.2, 0) is 23.1 Å². The van der Waals surface area contributed by atoms with Gasteiger partial charge in [-0.1, -0.05) is 6.92 Å². The van der Waals surface area contributed by atoms with Gasteiger partial charge in [-0.2, -0.15) is 4.98 Å². The Bertz CT molecular complexity index is 960. The zero-order valence-corrected chi connectivity index (χ0v) is 14.9. The second-order valence-electron chi connectivity index (χ2n) is 6.15. The quantitative estimate of drug-likeness (QED) is 0.591. The summed E-state index contributed by atoms with van der Waals surface area (Å²) in [6, 6.07) is 0. The van der Waals surface area contributed by atoms with E-state index in [2.05, 4.69) is 19.5 Å². The Labute approximate surface area is 146 Å². The molecule has 2 unspecified atom stereocenters. The van der Waals surface area contributed by atoms with Gasteiger partial charge >= 0.3 is 7.82 Å². The van der Waals surface area contributed by atoms with Gasteiger partial charge in [0.25, 0.3) is 5.56 Å². The summed E-state index contributed by atoms with van der Waals surface area (Å²) in [6.45, 7) is 2.05. The lowest BCUT2D eigenvalue weighted by Gasteiger charge is -2.30. The molecule has 4 heterocycles. The molecule has 2 aromatic heterocycles. The first-order valence-corrected chi connectivity index (χ1v) is 9.38. The monoisotopic (exact) mass is 387 g/mol. The van der Waals surface area contributed by atoms with Gasteiger partial charge in [0.1, 0.15) is 17.8 Å². The first-order chi connectivity index (χ1) is 12.3. The minimum Gasteiger partial charge on any atom is -0.369 e. The molecule has 2 aliphatic heterocycles. The molecule has 0 aliphatic carbocycles. The number of nitrogen functional groups attached to an aromatic ring is 1. The average Bonchev–Trinajstić information content (AvgIpc) is 3.25. The van der Waals surface area contributed by atoms with E-state index in [-0.39, 0.29) is 23.7 Å². The molecule has 0 spiro atoms. The van der Waals surface area contributed by atoms with Crippen LogP contribution in [0.3, 0.4) is 0 Å². The molecule has 13 heteroatoms. The fourth-order valence-corrected chi connectivity index (χ4v) is 4.11. The molecule has 12 nitrogen and oxygen atoms in total. The van der Waals surface area contributed by atoms with Crippen molar-refractivity contribution < 1.29 is 28.0 Å². The predicted octanol–water partition coefficient (Wildman–Crippen LogP) is -0.0898. The summed E-state index contributed by atoms with van der Waals surface area (Å²) in [4.78, 5) is 32.2. The Morgan fingerprint density at radius 1 is 1.62 bits per heavy atom. The average molecular weight is 387 g/mol. The molecule has 4 rings (SSSR count). The normalized spacial score (nSPS) is 33.0. The van der Waals surface area contributed by atoms with E-state index in [9.17, 15) is 14.3 Å². The van der Waals surface area contributed by atoms with E-state index in [0.717, 1.165) is 7.11 Å². The number of nitrogens with zero attached hydrogens (tertiary/aromatic N) is 3. The fourth-order valence-electron chi connectivity index (χ4n) is 3.42. The van der Waals surface area contributed by atoms with Crippen LogP contribution >= 0.6 is 7.82 Å². The third-order valence-electron chi connectivity index (χ3n) is 4.77. The Morgan fingerprint density at radius 2 is 2.38 bits per heavy atom. The number of fused-ring (bicyclic) bond motifs is 3. The van der Waals surface area contributed by atoms with Crippen molar-refractivity contribution in [3.8, 4) is 0 Å². The fraction of sp³-hybridized carbons (Fsp3) is 0.615. The van der Waals surface area contributed by atoms with Crippen LogP contribution in [0.1, 0.15) is 19.6 Å². The molecule has 0 aromatic carbocycles. The van der Waals surface area contributed by atoms with Crippen molar-refractivity contribution in [2.75, 3.05) is 19.5 Å². The number of nitrogens with one attached hydrogen (secondary N) is 1. The summed E-state index contributed by atoms with van der Waals surface area (Å²) in [7, 11) is -3.17. The molecule has 2 saturated heterocycles. The minimum atomic E-state index is -4.26. The highest BCUT2D eigenvalue weighted by Gasteiger charge is 2.63. The van der Waals surface area contributed by atoms with Gasteiger partial charge in [0, 0.05) is 7.11 Å². The number of nitrogens with two attached hydrogens (primary N) is 1.